The van der Waals surface area contributed by atoms with Gasteiger partial charge in [0.25, 0.3) is 11.8 Å². The molecule has 27 heavy (non-hydrogen) atoms. The SMILES string of the molecule is CC1CCN(C(=O)c2cc3cc(NC(=O)c4cnn(C)c4)ccc3o2)CC1. The van der Waals surface area contributed by atoms with Gasteiger partial charge in [-0.1, -0.05) is 6.92 Å². The molecule has 7 heteroatoms. The first-order valence-corrected chi connectivity index (χ1v) is 9.12. The van der Waals surface area contributed by atoms with E-state index >= 15 is 0 Å². The number of hydrogen-bond acceptors (Lipinski definition) is 4. The van der Waals surface area contributed by atoms with Crippen molar-refractivity contribution >= 4 is 28.5 Å². The fourth-order valence-electron chi connectivity index (χ4n) is 3.34. The lowest BCUT2D eigenvalue weighted by Crippen LogP contribution is -2.37. The number of likely N-dealkylation sites (tertiary alicyclic amines) is 1. The summed E-state index contributed by atoms with van der Waals surface area (Å²) in [5.74, 6) is 0.703. The molecule has 1 fully saturated rings. The Morgan fingerprint density at radius 1 is 1.22 bits per heavy atom. The van der Waals surface area contributed by atoms with Crippen molar-refractivity contribution < 1.29 is 14.0 Å². The molecular weight excluding hydrogens is 344 g/mol. The number of fused-ring (bicyclic) bond motifs is 1. The number of carbonyl (C=O) groups is 2. The summed E-state index contributed by atoms with van der Waals surface area (Å²) in [4.78, 5) is 26.8. The molecule has 1 N–H and O–H groups in total. The highest BCUT2D eigenvalue weighted by atomic mass is 16.3. The van der Waals surface area contributed by atoms with Crippen molar-refractivity contribution in [2.24, 2.45) is 13.0 Å². The average molecular weight is 366 g/mol. The lowest BCUT2D eigenvalue weighted by molar-refractivity contribution is 0.0667. The van der Waals surface area contributed by atoms with E-state index in [1.807, 2.05) is 11.0 Å². The van der Waals surface area contributed by atoms with Crippen molar-refractivity contribution in [3.8, 4) is 0 Å². The minimum Gasteiger partial charge on any atom is -0.451 e. The highest BCUT2D eigenvalue weighted by Gasteiger charge is 2.24. The van der Waals surface area contributed by atoms with E-state index in [9.17, 15) is 9.59 Å². The Hall–Kier alpha value is -3.09. The maximum atomic E-state index is 12.7. The predicted molar refractivity (Wildman–Crippen MR) is 102 cm³/mol. The van der Waals surface area contributed by atoms with E-state index in [4.69, 9.17) is 4.42 Å². The molecule has 1 aliphatic heterocycles. The first-order chi connectivity index (χ1) is 13.0. The number of amides is 2. The quantitative estimate of drug-likeness (QED) is 0.771. The minimum absolute atomic E-state index is 0.0703. The maximum Gasteiger partial charge on any atom is 0.289 e. The van der Waals surface area contributed by atoms with Gasteiger partial charge in [0.1, 0.15) is 5.58 Å². The summed E-state index contributed by atoms with van der Waals surface area (Å²) >= 11 is 0. The molecule has 0 saturated carbocycles. The van der Waals surface area contributed by atoms with Crippen LogP contribution in [-0.4, -0.2) is 39.6 Å². The lowest BCUT2D eigenvalue weighted by Gasteiger charge is -2.29. The molecule has 1 aliphatic rings. The van der Waals surface area contributed by atoms with Crippen LogP contribution in [0, 0.1) is 5.92 Å². The number of piperidine rings is 1. The summed E-state index contributed by atoms with van der Waals surface area (Å²) in [6.07, 6.45) is 5.22. The number of benzene rings is 1. The first kappa shape index (κ1) is 17.3. The van der Waals surface area contributed by atoms with Gasteiger partial charge in [0.15, 0.2) is 5.76 Å². The van der Waals surface area contributed by atoms with E-state index in [2.05, 4.69) is 17.3 Å². The van der Waals surface area contributed by atoms with Gasteiger partial charge in [-0.25, -0.2) is 0 Å². The summed E-state index contributed by atoms with van der Waals surface area (Å²) in [5.41, 5.74) is 1.76. The van der Waals surface area contributed by atoms with Gasteiger partial charge in [0.2, 0.25) is 0 Å². The molecule has 0 unspecified atom stereocenters. The Balaban J connectivity index is 1.51. The molecule has 7 nitrogen and oxygen atoms in total. The summed E-state index contributed by atoms with van der Waals surface area (Å²) in [5, 5.41) is 7.63. The van der Waals surface area contributed by atoms with Crippen LogP contribution in [0.3, 0.4) is 0 Å². The fraction of sp³-hybridized carbons (Fsp3) is 0.350. The van der Waals surface area contributed by atoms with Crippen LogP contribution in [0.2, 0.25) is 0 Å². The molecule has 4 rings (SSSR count). The lowest BCUT2D eigenvalue weighted by atomic mass is 9.99. The smallest absolute Gasteiger partial charge is 0.289 e. The number of carbonyl (C=O) groups excluding carboxylic acids is 2. The Kier molecular flexibility index (Phi) is 4.43. The van der Waals surface area contributed by atoms with E-state index in [0.717, 1.165) is 31.3 Å². The van der Waals surface area contributed by atoms with Gasteiger partial charge < -0.3 is 14.6 Å². The third-order valence-corrected chi connectivity index (χ3v) is 5.02. The number of furan rings is 1. The number of nitrogens with zero attached hydrogens (tertiary/aromatic N) is 3. The van der Waals surface area contributed by atoms with Crippen LogP contribution in [0.5, 0.6) is 0 Å². The fourth-order valence-corrected chi connectivity index (χ4v) is 3.34. The van der Waals surface area contributed by atoms with Gasteiger partial charge in [-0.05, 0) is 43.0 Å². The Morgan fingerprint density at radius 2 is 2.00 bits per heavy atom. The average Bonchev–Trinajstić information content (AvgIpc) is 3.27. The molecule has 1 saturated heterocycles. The second-order valence-corrected chi connectivity index (χ2v) is 7.19. The number of aryl methyl sites for hydroxylation is 1. The molecule has 0 aliphatic carbocycles. The molecule has 2 amide bonds. The van der Waals surface area contributed by atoms with E-state index < -0.39 is 0 Å². The van der Waals surface area contributed by atoms with Gasteiger partial charge in [-0.2, -0.15) is 5.10 Å². The number of hydrogen-bond donors (Lipinski definition) is 1. The molecule has 0 bridgehead atoms. The van der Waals surface area contributed by atoms with E-state index in [1.54, 1.807) is 36.1 Å². The number of rotatable bonds is 3. The van der Waals surface area contributed by atoms with Crippen molar-refractivity contribution in [3.63, 3.8) is 0 Å². The monoisotopic (exact) mass is 366 g/mol. The van der Waals surface area contributed by atoms with Gasteiger partial charge in [-0.3, -0.25) is 14.3 Å². The highest BCUT2D eigenvalue weighted by Crippen LogP contribution is 2.25. The number of anilines is 1. The molecule has 1 aromatic carbocycles. The third-order valence-electron chi connectivity index (χ3n) is 5.02. The first-order valence-electron chi connectivity index (χ1n) is 9.12. The van der Waals surface area contributed by atoms with Gasteiger partial charge in [0, 0.05) is 37.4 Å². The molecule has 0 atom stereocenters. The largest absolute Gasteiger partial charge is 0.451 e. The van der Waals surface area contributed by atoms with Crippen LogP contribution in [0.25, 0.3) is 11.0 Å². The van der Waals surface area contributed by atoms with Gasteiger partial charge in [0.05, 0.1) is 11.8 Å². The predicted octanol–water partition coefficient (Wildman–Crippen LogP) is 3.29. The standard InChI is InChI=1S/C20H22N4O3/c1-13-5-7-24(8-6-13)20(26)18-10-14-9-16(3-4-17(14)27-18)22-19(25)15-11-21-23(2)12-15/h3-4,9-13H,5-8H2,1-2H3,(H,22,25). The summed E-state index contributed by atoms with van der Waals surface area (Å²) in [7, 11) is 1.76. The maximum absolute atomic E-state index is 12.7. The van der Waals surface area contributed by atoms with Crippen molar-refractivity contribution in [1.82, 2.24) is 14.7 Å². The Morgan fingerprint density at radius 3 is 2.70 bits per heavy atom. The minimum atomic E-state index is -0.232. The molecule has 0 spiro atoms. The topological polar surface area (TPSA) is 80.4 Å². The molecule has 140 valence electrons. The Labute approximate surface area is 156 Å². The number of nitrogens with one attached hydrogen (secondary N) is 1. The van der Waals surface area contributed by atoms with E-state index in [0.29, 0.717) is 28.5 Å². The van der Waals surface area contributed by atoms with Crippen molar-refractivity contribution in [1.29, 1.82) is 0 Å². The van der Waals surface area contributed by atoms with Crippen molar-refractivity contribution in [2.45, 2.75) is 19.8 Å². The molecular formula is C20H22N4O3. The zero-order valence-corrected chi connectivity index (χ0v) is 15.4. The molecule has 3 aromatic rings. The van der Waals surface area contributed by atoms with Crippen LogP contribution in [0.15, 0.2) is 41.1 Å². The van der Waals surface area contributed by atoms with Crippen LogP contribution < -0.4 is 5.32 Å². The van der Waals surface area contributed by atoms with Crippen LogP contribution >= 0.6 is 0 Å². The summed E-state index contributed by atoms with van der Waals surface area (Å²) < 4.78 is 7.32. The zero-order valence-electron chi connectivity index (χ0n) is 15.4. The second-order valence-electron chi connectivity index (χ2n) is 7.19. The van der Waals surface area contributed by atoms with E-state index in [-0.39, 0.29) is 11.8 Å². The molecule has 0 radical (unpaired) electrons. The number of aromatic nitrogens is 2. The summed E-state index contributed by atoms with van der Waals surface area (Å²) in [6, 6.07) is 7.08. The normalized spacial score (nSPS) is 15.3. The molecule has 2 aromatic heterocycles. The summed E-state index contributed by atoms with van der Waals surface area (Å²) in [6.45, 7) is 3.75. The zero-order chi connectivity index (χ0) is 19.0. The molecule has 3 heterocycles. The van der Waals surface area contributed by atoms with Crippen LogP contribution in [0.4, 0.5) is 5.69 Å². The van der Waals surface area contributed by atoms with Crippen molar-refractivity contribution in [2.75, 3.05) is 18.4 Å². The van der Waals surface area contributed by atoms with Crippen molar-refractivity contribution in [3.05, 3.63) is 48.0 Å². The third kappa shape index (κ3) is 3.58. The Bertz CT molecular complexity index is 996. The van der Waals surface area contributed by atoms with E-state index in [1.165, 1.54) is 6.20 Å². The second kappa shape index (κ2) is 6.90. The van der Waals surface area contributed by atoms with Gasteiger partial charge in [-0.15, -0.1) is 0 Å². The van der Waals surface area contributed by atoms with Gasteiger partial charge >= 0.3 is 0 Å². The highest BCUT2D eigenvalue weighted by molar-refractivity contribution is 6.05. The van der Waals surface area contributed by atoms with Crippen LogP contribution in [-0.2, 0) is 7.05 Å². The van der Waals surface area contributed by atoms with Crippen LogP contribution in [0.1, 0.15) is 40.7 Å².